The first-order valence-electron chi connectivity index (χ1n) is 10.9. The van der Waals surface area contributed by atoms with Gasteiger partial charge in [-0.2, -0.15) is 0 Å². The second-order valence-corrected chi connectivity index (χ2v) is 8.72. The van der Waals surface area contributed by atoms with Gasteiger partial charge in [-0.25, -0.2) is 0 Å². The zero-order chi connectivity index (χ0) is 20.5. The quantitative estimate of drug-likeness (QED) is 0.704. The second-order valence-electron chi connectivity index (χ2n) is 8.72. The Morgan fingerprint density at radius 1 is 0.966 bits per heavy atom. The predicted molar refractivity (Wildman–Crippen MR) is 110 cm³/mol. The Labute approximate surface area is 173 Å². The zero-order valence-corrected chi connectivity index (χ0v) is 17.7. The average molecular weight is 401 g/mol. The molecule has 2 aliphatic carbocycles. The van der Waals surface area contributed by atoms with Gasteiger partial charge < -0.3 is 19.3 Å². The molecule has 2 amide bonds. The van der Waals surface area contributed by atoms with Crippen LogP contribution in [-0.4, -0.2) is 61.0 Å². The van der Waals surface area contributed by atoms with Crippen LogP contribution in [0.2, 0.25) is 0 Å². The smallest absolute Gasteiger partial charge is 0.254 e. The zero-order valence-electron chi connectivity index (χ0n) is 17.7. The number of likely N-dealkylation sites (tertiary alicyclic amines) is 1. The van der Waals surface area contributed by atoms with E-state index >= 15 is 0 Å². The van der Waals surface area contributed by atoms with Crippen LogP contribution in [0.1, 0.15) is 55.8 Å². The normalized spacial score (nSPS) is 20.9. The first-order valence-corrected chi connectivity index (χ1v) is 10.9. The Morgan fingerprint density at radius 3 is 2.03 bits per heavy atom. The summed E-state index contributed by atoms with van der Waals surface area (Å²) in [6, 6.07) is 6.08. The molecule has 2 saturated carbocycles. The molecule has 1 unspecified atom stereocenters. The molecule has 0 N–H and O–H groups in total. The fourth-order valence-corrected chi connectivity index (χ4v) is 4.53. The Morgan fingerprint density at radius 2 is 1.55 bits per heavy atom. The van der Waals surface area contributed by atoms with Gasteiger partial charge in [0.05, 0.1) is 14.2 Å². The SMILES string of the molecule is COc1cc(OC)cc(C(=O)N2CCC(C(=O)N(C3CC3)C(C)C3CC3)CC2)c1. The van der Waals surface area contributed by atoms with Crippen LogP contribution in [0.3, 0.4) is 0 Å². The van der Waals surface area contributed by atoms with Crippen LogP contribution in [0.4, 0.5) is 0 Å². The Bertz CT molecular complexity index is 742. The second kappa shape index (κ2) is 8.25. The summed E-state index contributed by atoms with van der Waals surface area (Å²) in [7, 11) is 3.16. The van der Waals surface area contributed by atoms with Crippen LogP contribution in [0, 0.1) is 11.8 Å². The van der Waals surface area contributed by atoms with Gasteiger partial charge in [-0.05, 0) is 63.5 Å². The molecule has 0 spiro atoms. The number of carbonyl (C=O) groups excluding carboxylic acids is 2. The van der Waals surface area contributed by atoms with E-state index in [9.17, 15) is 9.59 Å². The lowest BCUT2D eigenvalue weighted by Crippen LogP contribution is -2.48. The molecule has 1 aromatic carbocycles. The predicted octanol–water partition coefficient (Wildman–Crippen LogP) is 3.35. The fraction of sp³-hybridized carbons (Fsp3) is 0.652. The summed E-state index contributed by atoms with van der Waals surface area (Å²) in [5.41, 5.74) is 0.563. The summed E-state index contributed by atoms with van der Waals surface area (Å²) in [6.45, 7) is 3.46. The third-order valence-corrected chi connectivity index (χ3v) is 6.67. The third-order valence-electron chi connectivity index (χ3n) is 6.67. The number of hydrogen-bond donors (Lipinski definition) is 0. The van der Waals surface area contributed by atoms with Crippen LogP contribution < -0.4 is 9.47 Å². The summed E-state index contributed by atoms with van der Waals surface area (Å²) in [5, 5.41) is 0. The largest absolute Gasteiger partial charge is 0.497 e. The van der Waals surface area contributed by atoms with E-state index in [1.54, 1.807) is 32.4 Å². The summed E-state index contributed by atoms with van der Waals surface area (Å²) >= 11 is 0. The van der Waals surface area contributed by atoms with E-state index in [2.05, 4.69) is 11.8 Å². The van der Waals surface area contributed by atoms with Gasteiger partial charge in [-0.3, -0.25) is 9.59 Å². The molecule has 1 aliphatic heterocycles. The maximum atomic E-state index is 13.3. The van der Waals surface area contributed by atoms with Crippen LogP contribution >= 0.6 is 0 Å². The van der Waals surface area contributed by atoms with Crippen molar-refractivity contribution in [2.75, 3.05) is 27.3 Å². The highest BCUT2D eigenvalue weighted by Crippen LogP contribution is 2.41. The number of rotatable bonds is 7. The van der Waals surface area contributed by atoms with Crippen LogP contribution in [0.15, 0.2) is 18.2 Å². The van der Waals surface area contributed by atoms with Crippen LogP contribution in [-0.2, 0) is 4.79 Å². The maximum absolute atomic E-state index is 13.3. The van der Waals surface area contributed by atoms with Crippen molar-refractivity contribution in [3.8, 4) is 11.5 Å². The first kappa shape index (κ1) is 20.0. The molecule has 1 atom stereocenters. The van der Waals surface area contributed by atoms with E-state index in [0.717, 1.165) is 25.7 Å². The average Bonchev–Trinajstić information content (AvgIpc) is 3.65. The van der Waals surface area contributed by atoms with Gasteiger partial charge in [0.2, 0.25) is 5.91 Å². The molecular formula is C23H32N2O4. The number of piperidine rings is 1. The molecule has 0 radical (unpaired) electrons. The van der Waals surface area contributed by atoms with Crippen LogP contribution in [0.5, 0.6) is 11.5 Å². The Balaban J connectivity index is 1.38. The fourth-order valence-electron chi connectivity index (χ4n) is 4.53. The molecular weight excluding hydrogens is 368 g/mol. The number of benzene rings is 1. The Hall–Kier alpha value is -2.24. The van der Waals surface area contributed by atoms with Gasteiger partial charge in [-0.1, -0.05) is 0 Å². The summed E-state index contributed by atoms with van der Waals surface area (Å²) < 4.78 is 10.6. The van der Waals surface area contributed by atoms with Crippen molar-refractivity contribution in [3.05, 3.63) is 23.8 Å². The maximum Gasteiger partial charge on any atom is 0.254 e. The highest BCUT2D eigenvalue weighted by atomic mass is 16.5. The van der Waals surface area contributed by atoms with Crippen molar-refractivity contribution in [2.24, 2.45) is 11.8 Å². The van der Waals surface area contributed by atoms with Crippen molar-refractivity contribution < 1.29 is 19.1 Å². The molecule has 1 heterocycles. The lowest BCUT2D eigenvalue weighted by atomic mass is 9.93. The minimum Gasteiger partial charge on any atom is -0.497 e. The molecule has 0 aromatic heterocycles. The molecule has 3 fully saturated rings. The summed E-state index contributed by atoms with van der Waals surface area (Å²) in [6.07, 6.45) is 6.30. The lowest BCUT2D eigenvalue weighted by Gasteiger charge is -2.37. The van der Waals surface area contributed by atoms with Gasteiger partial charge in [0.1, 0.15) is 11.5 Å². The number of methoxy groups -OCH3 is 2. The minimum absolute atomic E-state index is 0.0292. The standard InChI is InChI=1S/C23H32N2O4/c1-15(16-4-5-16)25(19-6-7-19)23(27)17-8-10-24(11-9-17)22(26)18-12-20(28-2)14-21(13-18)29-3/h12-17,19H,4-11H2,1-3H3. The molecule has 6 nitrogen and oxygen atoms in total. The lowest BCUT2D eigenvalue weighted by molar-refractivity contribution is -0.140. The van der Waals surface area contributed by atoms with Crippen molar-refractivity contribution in [1.29, 1.82) is 0 Å². The molecule has 0 bridgehead atoms. The number of nitrogens with zero attached hydrogens (tertiary/aromatic N) is 2. The highest BCUT2D eigenvalue weighted by Gasteiger charge is 2.44. The van der Waals surface area contributed by atoms with E-state index in [1.807, 2.05) is 4.90 Å². The molecule has 158 valence electrons. The van der Waals surface area contributed by atoms with Gasteiger partial charge in [0.25, 0.3) is 5.91 Å². The topological polar surface area (TPSA) is 59.1 Å². The van der Waals surface area contributed by atoms with Crippen LogP contribution in [0.25, 0.3) is 0 Å². The molecule has 1 saturated heterocycles. The van der Waals surface area contributed by atoms with Crippen molar-refractivity contribution >= 4 is 11.8 Å². The van der Waals surface area contributed by atoms with E-state index in [0.29, 0.717) is 54.1 Å². The van der Waals surface area contributed by atoms with Crippen molar-refractivity contribution in [3.63, 3.8) is 0 Å². The number of amides is 2. The highest BCUT2D eigenvalue weighted by molar-refractivity contribution is 5.95. The summed E-state index contributed by atoms with van der Waals surface area (Å²) in [5.74, 6) is 2.24. The van der Waals surface area contributed by atoms with E-state index < -0.39 is 0 Å². The van der Waals surface area contributed by atoms with Gasteiger partial charge >= 0.3 is 0 Å². The van der Waals surface area contributed by atoms with E-state index in [4.69, 9.17) is 9.47 Å². The monoisotopic (exact) mass is 400 g/mol. The molecule has 1 aromatic rings. The van der Waals surface area contributed by atoms with Gasteiger partial charge in [0.15, 0.2) is 0 Å². The number of ether oxygens (including phenoxy) is 2. The minimum atomic E-state index is -0.0292. The third kappa shape index (κ3) is 4.36. The van der Waals surface area contributed by atoms with E-state index in [1.165, 1.54) is 12.8 Å². The van der Waals surface area contributed by atoms with Gasteiger partial charge in [0, 0.05) is 42.7 Å². The van der Waals surface area contributed by atoms with Crippen molar-refractivity contribution in [1.82, 2.24) is 9.80 Å². The molecule has 6 heteroatoms. The Kier molecular flexibility index (Phi) is 5.70. The van der Waals surface area contributed by atoms with E-state index in [-0.39, 0.29) is 11.8 Å². The first-order chi connectivity index (χ1) is 14.0. The van der Waals surface area contributed by atoms with Gasteiger partial charge in [-0.15, -0.1) is 0 Å². The molecule has 29 heavy (non-hydrogen) atoms. The summed E-state index contributed by atoms with van der Waals surface area (Å²) in [4.78, 5) is 30.3. The molecule has 3 aliphatic rings. The number of hydrogen-bond acceptors (Lipinski definition) is 4. The number of carbonyl (C=O) groups is 2. The van der Waals surface area contributed by atoms with Crippen molar-refractivity contribution in [2.45, 2.75) is 57.5 Å². The molecule has 4 rings (SSSR count).